The zero-order valence-electron chi connectivity index (χ0n) is 15.6. The third-order valence-corrected chi connectivity index (χ3v) is 5.83. The van der Waals surface area contributed by atoms with Crippen molar-refractivity contribution >= 4 is 22.6 Å². The molecule has 0 amide bonds. The standard InChI is InChI=1S/C19H19F4N3O3/c1-2-10-7-11-15-12(17(27)13(18(28)29)9-26(10)15)8-14(20)16(11)24-3-5-25(6-4-24)19(21,22)23/h8-10H,2-7H2,1H3,(H,28,29). The van der Waals surface area contributed by atoms with E-state index in [1.54, 1.807) is 9.47 Å². The molecule has 1 saturated heterocycles. The first-order valence-corrected chi connectivity index (χ1v) is 9.33. The maximum absolute atomic E-state index is 15.1. The molecule has 1 aromatic heterocycles. The van der Waals surface area contributed by atoms with E-state index in [1.807, 2.05) is 6.92 Å². The van der Waals surface area contributed by atoms with Gasteiger partial charge < -0.3 is 14.6 Å². The van der Waals surface area contributed by atoms with Crippen molar-refractivity contribution in [3.05, 3.63) is 39.4 Å². The number of hydrogen-bond donors (Lipinski definition) is 1. The molecule has 156 valence electrons. The summed E-state index contributed by atoms with van der Waals surface area (Å²) in [6, 6.07) is 0.872. The van der Waals surface area contributed by atoms with Crippen molar-refractivity contribution in [1.29, 1.82) is 0 Å². The number of hydrogen-bond acceptors (Lipinski definition) is 4. The number of benzene rings is 1. The molecule has 0 spiro atoms. The van der Waals surface area contributed by atoms with Gasteiger partial charge in [0.05, 0.1) is 11.2 Å². The minimum absolute atomic E-state index is 0.00314. The fourth-order valence-electron chi connectivity index (χ4n) is 4.39. The number of rotatable bonds is 3. The molecular weight excluding hydrogens is 394 g/mol. The predicted molar refractivity (Wildman–Crippen MR) is 98.0 cm³/mol. The van der Waals surface area contributed by atoms with Crippen molar-refractivity contribution in [1.82, 2.24) is 9.47 Å². The molecule has 3 heterocycles. The van der Waals surface area contributed by atoms with Crippen molar-refractivity contribution in [2.24, 2.45) is 0 Å². The van der Waals surface area contributed by atoms with Gasteiger partial charge >= 0.3 is 12.3 Å². The molecule has 0 saturated carbocycles. The summed E-state index contributed by atoms with van der Waals surface area (Å²) < 4.78 is 55.5. The molecule has 6 nitrogen and oxygen atoms in total. The van der Waals surface area contributed by atoms with Gasteiger partial charge in [0.25, 0.3) is 0 Å². The van der Waals surface area contributed by atoms with Crippen LogP contribution in [-0.2, 0) is 6.42 Å². The Labute approximate surface area is 162 Å². The van der Waals surface area contributed by atoms with E-state index in [0.29, 0.717) is 28.8 Å². The Morgan fingerprint density at radius 2 is 1.90 bits per heavy atom. The van der Waals surface area contributed by atoms with Crippen molar-refractivity contribution in [3.63, 3.8) is 0 Å². The average molecular weight is 413 g/mol. The number of carboxylic acid groups (broad SMARTS) is 1. The van der Waals surface area contributed by atoms with Gasteiger partial charge in [-0.05, 0) is 18.9 Å². The monoisotopic (exact) mass is 413 g/mol. The van der Waals surface area contributed by atoms with Crippen molar-refractivity contribution < 1.29 is 27.5 Å². The number of anilines is 1. The second kappa shape index (κ2) is 6.72. The van der Waals surface area contributed by atoms with Gasteiger partial charge in [-0.3, -0.25) is 4.79 Å². The third-order valence-electron chi connectivity index (χ3n) is 5.83. The minimum Gasteiger partial charge on any atom is -0.477 e. The molecule has 2 aromatic rings. The second-order valence-corrected chi connectivity index (χ2v) is 7.37. The maximum Gasteiger partial charge on any atom is 0.460 e. The summed E-state index contributed by atoms with van der Waals surface area (Å²) in [6.07, 6.45) is -2.11. The van der Waals surface area contributed by atoms with E-state index in [-0.39, 0.29) is 43.3 Å². The van der Waals surface area contributed by atoms with E-state index in [1.165, 1.54) is 6.20 Å². The van der Waals surface area contributed by atoms with Crippen LogP contribution in [0.4, 0.5) is 23.2 Å². The maximum atomic E-state index is 15.1. The van der Waals surface area contributed by atoms with Gasteiger partial charge in [0, 0.05) is 49.4 Å². The molecule has 0 aliphatic carbocycles. The Kier molecular flexibility index (Phi) is 4.56. The van der Waals surface area contributed by atoms with Gasteiger partial charge in [0.1, 0.15) is 11.4 Å². The first-order chi connectivity index (χ1) is 13.6. The molecule has 2 aliphatic rings. The summed E-state index contributed by atoms with van der Waals surface area (Å²) in [7, 11) is 0. The Balaban J connectivity index is 1.84. The van der Waals surface area contributed by atoms with Gasteiger partial charge in [-0.25, -0.2) is 14.1 Å². The summed E-state index contributed by atoms with van der Waals surface area (Å²) >= 11 is 0. The lowest BCUT2D eigenvalue weighted by atomic mass is 10.0. The number of carboxylic acids is 1. The number of halogens is 4. The van der Waals surface area contributed by atoms with Crippen LogP contribution in [0.1, 0.15) is 35.3 Å². The van der Waals surface area contributed by atoms with Gasteiger partial charge in [-0.15, -0.1) is 0 Å². The lowest BCUT2D eigenvalue weighted by Gasteiger charge is -2.37. The SMILES string of the molecule is CCC1Cc2c(N3CCN(C(F)(F)F)CC3)c(F)cc3c(=O)c(C(=O)O)cn1c23. The van der Waals surface area contributed by atoms with E-state index in [2.05, 4.69) is 0 Å². The zero-order valence-corrected chi connectivity index (χ0v) is 15.6. The summed E-state index contributed by atoms with van der Waals surface area (Å²) in [5, 5.41) is 9.32. The summed E-state index contributed by atoms with van der Waals surface area (Å²) in [5.41, 5.74) is 0.0678. The highest BCUT2D eigenvalue weighted by molar-refractivity contribution is 5.96. The van der Waals surface area contributed by atoms with Crippen LogP contribution in [0.15, 0.2) is 17.1 Å². The highest BCUT2D eigenvalue weighted by atomic mass is 19.4. The van der Waals surface area contributed by atoms with E-state index in [9.17, 15) is 27.9 Å². The number of aromatic carboxylic acids is 1. The third kappa shape index (κ3) is 3.06. The normalized spacial score (nSPS) is 19.9. The van der Waals surface area contributed by atoms with Crippen LogP contribution in [0.2, 0.25) is 0 Å². The van der Waals surface area contributed by atoms with Gasteiger partial charge in [0.2, 0.25) is 5.43 Å². The second-order valence-electron chi connectivity index (χ2n) is 7.37. The Morgan fingerprint density at radius 1 is 1.24 bits per heavy atom. The zero-order chi connectivity index (χ0) is 21.1. The first-order valence-electron chi connectivity index (χ1n) is 9.33. The molecule has 1 N–H and O–H groups in total. The number of aromatic nitrogens is 1. The van der Waals surface area contributed by atoms with Crippen LogP contribution in [0.3, 0.4) is 0 Å². The van der Waals surface area contributed by atoms with Crippen LogP contribution in [0.25, 0.3) is 10.9 Å². The molecule has 29 heavy (non-hydrogen) atoms. The predicted octanol–water partition coefficient (Wildman–Crippen LogP) is 2.99. The molecule has 2 aliphatic heterocycles. The fraction of sp³-hybridized carbons (Fsp3) is 0.474. The fourth-order valence-corrected chi connectivity index (χ4v) is 4.39. The molecule has 1 aromatic carbocycles. The Morgan fingerprint density at radius 3 is 2.45 bits per heavy atom. The molecule has 1 unspecified atom stereocenters. The van der Waals surface area contributed by atoms with Crippen LogP contribution in [0.5, 0.6) is 0 Å². The summed E-state index contributed by atoms with van der Waals surface area (Å²) in [6.45, 7) is 1.36. The molecule has 10 heteroatoms. The molecule has 0 bridgehead atoms. The Hall–Kier alpha value is -2.62. The number of carbonyl (C=O) groups is 1. The van der Waals surface area contributed by atoms with Crippen molar-refractivity contribution in [2.45, 2.75) is 32.1 Å². The lowest BCUT2D eigenvalue weighted by Crippen LogP contribution is -2.52. The lowest BCUT2D eigenvalue weighted by molar-refractivity contribution is -0.246. The highest BCUT2D eigenvalue weighted by Crippen LogP contribution is 2.41. The van der Waals surface area contributed by atoms with E-state index in [4.69, 9.17) is 0 Å². The molecule has 1 fully saturated rings. The van der Waals surface area contributed by atoms with E-state index >= 15 is 4.39 Å². The highest BCUT2D eigenvalue weighted by Gasteiger charge is 2.40. The van der Waals surface area contributed by atoms with Crippen molar-refractivity contribution in [2.75, 3.05) is 31.1 Å². The number of alkyl halides is 3. The average Bonchev–Trinajstić information content (AvgIpc) is 3.02. The topological polar surface area (TPSA) is 65.8 Å². The smallest absolute Gasteiger partial charge is 0.460 e. The van der Waals surface area contributed by atoms with Gasteiger partial charge in [-0.2, -0.15) is 13.2 Å². The number of nitrogens with zero attached hydrogens (tertiary/aromatic N) is 3. The molecule has 4 rings (SSSR count). The van der Waals surface area contributed by atoms with Crippen LogP contribution >= 0.6 is 0 Å². The Bertz CT molecular complexity index is 1060. The molecule has 1 atom stereocenters. The van der Waals surface area contributed by atoms with E-state index in [0.717, 1.165) is 6.07 Å². The number of pyridine rings is 1. The summed E-state index contributed by atoms with van der Waals surface area (Å²) in [5.74, 6) is -2.09. The van der Waals surface area contributed by atoms with Gasteiger partial charge in [-0.1, -0.05) is 6.92 Å². The van der Waals surface area contributed by atoms with E-state index < -0.39 is 29.1 Å². The van der Waals surface area contributed by atoms with Crippen LogP contribution < -0.4 is 10.3 Å². The molecule has 0 radical (unpaired) electrons. The molecular formula is C19H19F4N3O3. The van der Waals surface area contributed by atoms with Crippen LogP contribution in [-0.4, -0.2) is 53.0 Å². The minimum atomic E-state index is -4.42. The van der Waals surface area contributed by atoms with Crippen molar-refractivity contribution in [3.8, 4) is 0 Å². The quantitative estimate of drug-likeness (QED) is 0.619. The largest absolute Gasteiger partial charge is 0.477 e. The first kappa shape index (κ1) is 19.7. The van der Waals surface area contributed by atoms with Gasteiger partial charge in [0.15, 0.2) is 0 Å². The number of piperazine rings is 1. The van der Waals surface area contributed by atoms with Crippen LogP contribution in [0, 0.1) is 5.82 Å². The summed E-state index contributed by atoms with van der Waals surface area (Å²) in [4.78, 5) is 26.0.